The molecule has 7 heteroatoms. The first kappa shape index (κ1) is 17.8. The molecule has 0 aliphatic carbocycles. The molecule has 0 atom stereocenters. The Labute approximate surface area is 124 Å². The number of amides is 1. The van der Waals surface area contributed by atoms with Crippen LogP contribution in [0, 0.1) is 0 Å². The van der Waals surface area contributed by atoms with Crippen molar-refractivity contribution in [3.8, 4) is 5.75 Å². The van der Waals surface area contributed by atoms with Gasteiger partial charge in [-0.15, -0.1) is 12.4 Å². The smallest absolute Gasteiger partial charge is 0.255 e. The number of nitrogens with zero attached hydrogens (tertiary/aromatic N) is 1. The van der Waals surface area contributed by atoms with Crippen molar-refractivity contribution in [1.82, 2.24) is 10.2 Å². The number of carbonyl (C=O) groups excluding carboxylic acids is 1. The minimum Gasteiger partial charge on any atom is -0.496 e. The topological polar surface area (TPSA) is 67.6 Å². The van der Waals surface area contributed by atoms with E-state index in [1.54, 1.807) is 6.07 Å². The number of nitrogen functional groups attached to an aromatic ring is 1. The van der Waals surface area contributed by atoms with E-state index >= 15 is 0 Å². The molecule has 0 fully saturated rings. The van der Waals surface area contributed by atoms with E-state index in [4.69, 9.17) is 22.1 Å². The number of ether oxygens (including phenoxy) is 1. The van der Waals surface area contributed by atoms with Gasteiger partial charge in [0.2, 0.25) is 0 Å². The van der Waals surface area contributed by atoms with Gasteiger partial charge >= 0.3 is 0 Å². The van der Waals surface area contributed by atoms with Crippen LogP contribution in [-0.2, 0) is 0 Å². The number of likely N-dealkylation sites (N-methyl/N-ethyl adjacent to an activating group) is 1. The molecule has 0 saturated carbocycles. The number of halogens is 2. The Balaban J connectivity index is 0.00000324. The third-order valence-corrected chi connectivity index (χ3v) is 2.74. The van der Waals surface area contributed by atoms with Gasteiger partial charge in [-0.05, 0) is 20.2 Å². The van der Waals surface area contributed by atoms with E-state index in [0.717, 1.165) is 6.54 Å². The molecule has 0 saturated heterocycles. The summed E-state index contributed by atoms with van der Waals surface area (Å²) < 4.78 is 5.12. The molecule has 19 heavy (non-hydrogen) atoms. The van der Waals surface area contributed by atoms with Crippen molar-refractivity contribution < 1.29 is 9.53 Å². The lowest BCUT2D eigenvalue weighted by Gasteiger charge is -2.13. The van der Waals surface area contributed by atoms with Crippen LogP contribution >= 0.6 is 24.0 Å². The van der Waals surface area contributed by atoms with Crippen LogP contribution in [0.4, 0.5) is 5.69 Å². The highest BCUT2D eigenvalue weighted by Gasteiger charge is 2.14. The number of benzene rings is 1. The molecular weight excluding hydrogens is 289 g/mol. The first-order valence-electron chi connectivity index (χ1n) is 5.51. The third-order valence-electron chi connectivity index (χ3n) is 2.41. The van der Waals surface area contributed by atoms with E-state index in [-0.39, 0.29) is 18.3 Å². The number of nitrogens with one attached hydrogen (secondary N) is 1. The van der Waals surface area contributed by atoms with Gasteiger partial charge in [0.15, 0.2) is 0 Å². The van der Waals surface area contributed by atoms with Crippen molar-refractivity contribution in [1.29, 1.82) is 0 Å². The minimum absolute atomic E-state index is 0. The number of hydrogen-bond acceptors (Lipinski definition) is 4. The van der Waals surface area contributed by atoms with E-state index in [0.29, 0.717) is 28.6 Å². The van der Waals surface area contributed by atoms with E-state index in [1.165, 1.54) is 13.2 Å². The average Bonchev–Trinajstić information content (AvgIpc) is 2.31. The van der Waals surface area contributed by atoms with Gasteiger partial charge in [0.05, 0.1) is 23.4 Å². The van der Waals surface area contributed by atoms with Crippen molar-refractivity contribution >= 4 is 35.6 Å². The molecular formula is C12H19Cl2N3O2. The quantitative estimate of drug-likeness (QED) is 0.812. The van der Waals surface area contributed by atoms with E-state index in [1.807, 2.05) is 19.0 Å². The maximum atomic E-state index is 12.0. The summed E-state index contributed by atoms with van der Waals surface area (Å²) in [7, 11) is 5.36. The molecule has 5 nitrogen and oxygen atoms in total. The summed E-state index contributed by atoms with van der Waals surface area (Å²) in [6.07, 6.45) is 0. The Bertz CT molecular complexity index is 439. The second-order valence-corrected chi connectivity index (χ2v) is 4.54. The van der Waals surface area contributed by atoms with Crippen LogP contribution in [0.25, 0.3) is 0 Å². The highest BCUT2D eigenvalue weighted by Crippen LogP contribution is 2.28. The molecule has 1 aromatic rings. The molecule has 0 aliphatic heterocycles. The maximum Gasteiger partial charge on any atom is 0.255 e. The summed E-state index contributed by atoms with van der Waals surface area (Å²) >= 11 is 5.90. The standard InChI is InChI=1S/C12H18ClN3O2.ClH/c1-16(2)5-4-15-12(17)8-6-9(13)10(14)7-11(8)18-3;/h6-7H,4-5,14H2,1-3H3,(H,15,17);1H. The fourth-order valence-electron chi connectivity index (χ4n) is 1.40. The van der Waals surface area contributed by atoms with Crippen LogP contribution in [-0.4, -0.2) is 45.1 Å². The van der Waals surface area contributed by atoms with Crippen LogP contribution in [0.1, 0.15) is 10.4 Å². The van der Waals surface area contributed by atoms with Gasteiger partial charge in [-0.1, -0.05) is 11.6 Å². The predicted molar refractivity (Wildman–Crippen MR) is 80.6 cm³/mol. The monoisotopic (exact) mass is 307 g/mol. The molecule has 0 radical (unpaired) electrons. The molecule has 0 aliphatic rings. The van der Waals surface area contributed by atoms with Crippen molar-refractivity contribution in [2.75, 3.05) is 40.0 Å². The third kappa shape index (κ3) is 5.14. The first-order valence-corrected chi connectivity index (χ1v) is 5.89. The predicted octanol–water partition coefficient (Wildman–Crippen LogP) is 1.64. The zero-order valence-corrected chi connectivity index (χ0v) is 12.8. The SMILES string of the molecule is COc1cc(N)c(Cl)cc1C(=O)NCCN(C)C.Cl. The Kier molecular flexibility index (Phi) is 7.59. The lowest BCUT2D eigenvalue weighted by Crippen LogP contribution is -2.31. The number of nitrogens with two attached hydrogens (primary N) is 1. The van der Waals surface area contributed by atoms with Gasteiger partial charge in [0, 0.05) is 19.2 Å². The van der Waals surface area contributed by atoms with Crippen molar-refractivity contribution in [3.63, 3.8) is 0 Å². The Hall–Kier alpha value is -1.17. The fraction of sp³-hybridized carbons (Fsp3) is 0.417. The van der Waals surface area contributed by atoms with Crippen LogP contribution in [0.5, 0.6) is 5.75 Å². The molecule has 1 rings (SSSR count). The zero-order valence-electron chi connectivity index (χ0n) is 11.2. The van der Waals surface area contributed by atoms with Crippen LogP contribution in [0.3, 0.4) is 0 Å². The lowest BCUT2D eigenvalue weighted by atomic mass is 10.1. The van der Waals surface area contributed by atoms with Gasteiger partial charge in [-0.25, -0.2) is 0 Å². The zero-order chi connectivity index (χ0) is 13.7. The molecule has 1 aromatic carbocycles. The molecule has 0 heterocycles. The number of anilines is 1. The van der Waals surface area contributed by atoms with Gasteiger partial charge in [0.25, 0.3) is 5.91 Å². The summed E-state index contributed by atoms with van der Waals surface area (Å²) in [5, 5.41) is 3.13. The van der Waals surface area contributed by atoms with Gasteiger partial charge in [0.1, 0.15) is 5.75 Å². The highest BCUT2D eigenvalue weighted by atomic mass is 35.5. The summed E-state index contributed by atoms with van der Waals surface area (Å²) in [4.78, 5) is 13.9. The summed E-state index contributed by atoms with van der Waals surface area (Å²) in [5.41, 5.74) is 6.43. The largest absolute Gasteiger partial charge is 0.496 e. The van der Waals surface area contributed by atoms with Gasteiger partial charge in [-0.2, -0.15) is 0 Å². The molecule has 3 N–H and O–H groups in total. The number of hydrogen-bond donors (Lipinski definition) is 2. The average molecular weight is 308 g/mol. The molecule has 0 aromatic heterocycles. The van der Waals surface area contributed by atoms with E-state index in [9.17, 15) is 4.79 Å². The first-order chi connectivity index (χ1) is 8.45. The van der Waals surface area contributed by atoms with Crippen molar-refractivity contribution in [2.24, 2.45) is 0 Å². The van der Waals surface area contributed by atoms with Crippen molar-refractivity contribution in [3.05, 3.63) is 22.7 Å². The van der Waals surface area contributed by atoms with Crippen molar-refractivity contribution in [2.45, 2.75) is 0 Å². The number of carbonyl (C=O) groups is 1. The van der Waals surface area contributed by atoms with E-state index < -0.39 is 0 Å². The normalized spacial score (nSPS) is 9.95. The Morgan fingerprint density at radius 3 is 2.63 bits per heavy atom. The lowest BCUT2D eigenvalue weighted by molar-refractivity contribution is 0.0948. The molecule has 0 spiro atoms. The summed E-state index contributed by atoms with van der Waals surface area (Å²) in [6.45, 7) is 1.31. The fourth-order valence-corrected chi connectivity index (χ4v) is 1.57. The van der Waals surface area contributed by atoms with Crippen LogP contribution < -0.4 is 15.8 Å². The minimum atomic E-state index is -0.226. The molecule has 108 valence electrons. The molecule has 1 amide bonds. The van der Waals surface area contributed by atoms with Crippen LogP contribution in [0.2, 0.25) is 5.02 Å². The maximum absolute atomic E-state index is 12.0. The second-order valence-electron chi connectivity index (χ2n) is 4.13. The summed E-state index contributed by atoms with van der Waals surface area (Å²) in [5.74, 6) is 0.190. The van der Waals surface area contributed by atoms with Gasteiger partial charge < -0.3 is 20.7 Å². The highest BCUT2D eigenvalue weighted by molar-refractivity contribution is 6.33. The number of rotatable bonds is 5. The van der Waals surface area contributed by atoms with Gasteiger partial charge in [-0.3, -0.25) is 4.79 Å². The van der Waals surface area contributed by atoms with E-state index in [2.05, 4.69) is 5.32 Å². The summed E-state index contributed by atoms with van der Waals surface area (Å²) in [6, 6.07) is 3.06. The Morgan fingerprint density at radius 2 is 2.11 bits per heavy atom. The Morgan fingerprint density at radius 1 is 1.47 bits per heavy atom. The molecule has 0 bridgehead atoms. The number of methoxy groups -OCH3 is 1. The van der Waals surface area contributed by atoms with Crippen LogP contribution in [0.15, 0.2) is 12.1 Å². The molecule has 0 unspecified atom stereocenters. The second kappa shape index (κ2) is 8.09.